The summed E-state index contributed by atoms with van der Waals surface area (Å²) in [6.45, 7) is -1.88. The van der Waals surface area contributed by atoms with Crippen molar-refractivity contribution in [1.29, 1.82) is 0 Å². The minimum Gasteiger partial charge on any atom is -0.341 e. The third-order valence-electron chi connectivity index (χ3n) is 5.93. The maximum absolute atomic E-state index is 13.1. The van der Waals surface area contributed by atoms with Gasteiger partial charge in [-0.15, -0.1) is 0 Å². The Morgan fingerprint density at radius 1 is 1.04 bits per heavy atom. The number of nitrogens with two attached hydrogens (primary N) is 1. The molecule has 0 aromatic carbocycles. The highest BCUT2D eigenvalue weighted by molar-refractivity contribution is 5.81. The molecule has 0 radical (unpaired) electrons. The summed E-state index contributed by atoms with van der Waals surface area (Å²) in [5.74, 6) is -1.12. The molecule has 0 aromatic heterocycles. The van der Waals surface area contributed by atoms with Gasteiger partial charge in [0, 0.05) is 19.1 Å². The maximum atomic E-state index is 13.1. The second kappa shape index (κ2) is 5.00. The largest absolute Gasteiger partial charge is 0.404 e. The number of halogens is 6. The molecule has 2 N–H and O–H groups in total. The summed E-state index contributed by atoms with van der Waals surface area (Å²) >= 11 is 0. The van der Waals surface area contributed by atoms with E-state index in [2.05, 4.69) is 0 Å². The number of rotatable bonds is 1. The van der Waals surface area contributed by atoms with E-state index in [4.69, 9.17) is 5.73 Å². The van der Waals surface area contributed by atoms with Crippen molar-refractivity contribution in [1.82, 2.24) is 4.90 Å². The van der Waals surface area contributed by atoms with E-state index in [1.54, 1.807) is 0 Å². The maximum Gasteiger partial charge on any atom is 0.404 e. The molecule has 3 fully saturated rings. The minimum absolute atomic E-state index is 0.00530. The molecule has 0 aromatic rings. The number of hydrogen-bond donors (Lipinski definition) is 1. The van der Waals surface area contributed by atoms with Gasteiger partial charge in [0.05, 0.1) is 5.92 Å². The second-order valence-electron chi connectivity index (χ2n) is 7.02. The Labute approximate surface area is 129 Å². The van der Waals surface area contributed by atoms with Crippen LogP contribution in [-0.2, 0) is 4.79 Å². The molecule has 1 amide bonds. The van der Waals surface area contributed by atoms with E-state index < -0.39 is 55.1 Å². The molecule has 3 aliphatic rings. The van der Waals surface area contributed by atoms with Crippen LogP contribution >= 0.6 is 0 Å². The highest BCUT2D eigenvalue weighted by Gasteiger charge is 2.73. The Morgan fingerprint density at radius 2 is 1.61 bits per heavy atom. The molecule has 2 aliphatic carbocycles. The van der Waals surface area contributed by atoms with E-state index in [1.165, 1.54) is 0 Å². The predicted octanol–water partition coefficient (Wildman–Crippen LogP) is 2.70. The van der Waals surface area contributed by atoms with Crippen LogP contribution in [0.5, 0.6) is 0 Å². The Hall–Kier alpha value is -0.990. The summed E-state index contributed by atoms with van der Waals surface area (Å²) in [6.07, 6.45) is -9.61. The van der Waals surface area contributed by atoms with Gasteiger partial charge in [-0.1, -0.05) is 0 Å². The molecular weight excluding hydrogens is 326 g/mol. The number of nitrogens with zero attached hydrogens (tertiary/aromatic N) is 1. The number of carbonyl (C=O) groups excluding carboxylic acids is 1. The van der Waals surface area contributed by atoms with Crippen LogP contribution < -0.4 is 5.73 Å². The first-order valence-corrected chi connectivity index (χ1v) is 7.66. The smallest absolute Gasteiger partial charge is 0.341 e. The van der Waals surface area contributed by atoms with Gasteiger partial charge in [-0.05, 0) is 37.5 Å². The van der Waals surface area contributed by atoms with Gasteiger partial charge in [-0.25, -0.2) is 0 Å². The van der Waals surface area contributed by atoms with Gasteiger partial charge < -0.3 is 10.6 Å². The van der Waals surface area contributed by atoms with Crippen LogP contribution in [-0.4, -0.2) is 42.3 Å². The monoisotopic (exact) mass is 344 g/mol. The number of hydrogen-bond acceptors (Lipinski definition) is 2. The molecule has 23 heavy (non-hydrogen) atoms. The first-order valence-electron chi connectivity index (χ1n) is 7.66. The standard InChI is InChI=1S/C14H18F6N2O/c15-13(16,17)12(14(18,19)20)3-4-22(6-12)11(23)9-7-1-2-8(5-7)10(9)21/h7-10H,1-6,21H2. The van der Waals surface area contributed by atoms with Crippen molar-refractivity contribution in [3.8, 4) is 0 Å². The van der Waals surface area contributed by atoms with E-state index in [0.29, 0.717) is 0 Å². The van der Waals surface area contributed by atoms with Gasteiger partial charge >= 0.3 is 12.4 Å². The van der Waals surface area contributed by atoms with Gasteiger partial charge in [0.1, 0.15) is 0 Å². The highest BCUT2D eigenvalue weighted by Crippen LogP contribution is 2.56. The molecule has 3 nitrogen and oxygen atoms in total. The second-order valence-corrected chi connectivity index (χ2v) is 7.02. The van der Waals surface area contributed by atoms with Gasteiger partial charge in [-0.2, -0.15) is 26.3 Å². The zero-order valence-electron chi connectivity index (χ0n) is 12.3. The third-order valence-corrected chi connectivity index (χ3v) is 5.93. The molecule has 9 heteroatoms. The Balaban J connectivity index is 1.80. The molecule has 1 saturated heterocycles. The number of fused-ring (bicyclic) bond motifs is 2. The summed E-state index contributed by atoms with van der Waals surface area (Å²) in [7, 11) is 0. The summed E-state index contributed by atoms with van der Waals surface area (Å²) in [5.41, 5.74) is 2.16. The predicted molar refractivity (Wildman–Crippen MR) is 68.0 cm³/mol. The lowest BCUT2D eigenvalue weighted by molar-refractivity contribution is -0.334. The van der Waals surface area contributed by atoms with Crippen LogP contribution in [0.3, 0.4) is 0 Å². The normalized spacial score (nSPS) is 36.7. The van der Waals surface area contributed by atoms with Crippen LogP contribution in [0.15, 0.2) is 0 Å². The number of amides is 1. The fourth-order valence-corrected chi connectivity index (χ4v) is 4.53. The van der Waals surface area contributed by atoms with Gasteiger partial charge in [0.2, 0.25) is 5.91 Å². The molecule has 0 spiro atoms. The molecular formula is C14H18F6N2O. The zero-order chi connectivity index (χ0) is 17.2. The average Bonchev–Trinajstić information content (AvgIpc) is 3.10. The summed E-state index contributed by atoms with van der Waals surface area (Å²) < 4.78 is 78.4. The fourth-order valence-electron chi connectivity index (χ4n) is 4.53. The van der Waals surface area contributed by atoms with Gasteiger partial charge in [-0.3, -0.25) is 4.79 Å². The lowest BCUT2D eigenvalue weighted by Crippen LogP contribution is -2.53. The molecule has 2 saturated carbocycles. The summed E-state index contributed by atoms with van der Waals surface area (Å²) in [4.78, 5) is 13.2. The van der Waals surface area contributed by atoms with E-state index in [9.17, 15) is 31.1 Å². The zero-order valence-corrected chi connectivity index (χ0v) is 12.3. The van der Waals surface area contributed by atoms with E-state index in [1.807, 2.05) is 0 Å². The van der Waals surface area contributed by atoms with Crippen molar-refractivity contribution in [3.05, 3.63) is 0 Å². The van der Waals surface area contributed by atoms with Crippen LogP contribution in [0.2, 0.25) is 0 Å². The number of likely N-dealkylation sites (tertiary alicyclic amines) is 1. The molecule has 1 heterocycles. The average molecular weight is 344 g/mol. The molecule has 2 bridgehead atoms. The molecule has 132 valence electrons. The molecule has 4 atom stereocenters. The summed E-state index contributed by atoms with van der Waals surface area (Å²) in [5, 5.41) is 0. The van der Waals surface area contributed by atoms with Crippen LogP contribution in [0, 0.1) is 23.2 Å². The molecule has 4 unspecified atom stereocenters. The van der Waals surface area contributed by atoms with Crippen molar-refractivity contribution in [2.24, 2.45) is 28.9 Å². The van der Waals surface area contributed by atoms with E-state index in [-0.39, 0.29) is 11.8 Å². The quantitative estimate of drug-likeness (QED) is 0.744. The van der Waals surface area contributed by atoms with Crippen LogP contribution in [0.25, 0.3) is 0 Å². The van der Waals surface area contributed by atoms with Crippen molar-refractivity contribution >= 4 is 5.91 Å². The van der Waals surface area contributed by atoms with Gasteiger partial charge in [0.15, 0.2) is 5.41 Å². The number of carbonyl (C=O) groups is 1. The third kappa shape index (κ3) is 2.34. The Kier molecular flexibility index (Phi) is 3.67. The first-order chi connectivity index (χ1) is 10.5. The Morgan fingerprint density at radius 3 is 2.04 bits per heavy atom. The molecule has 3 rings (SSSR count). The first kappa shape index (κ1) is 16.9. The lowest BCUT2D eigenvalue weighted by Gasteiger charge is -2.35. The fraction of sp³-hybridized carbons (Fsp3) is 0.929. The minimum atomic E-state index is -5.43. The van der Waals surface area contributed by atoms with E-state index >= 15 is 0 Å². The van der Waals surface area contributed by atoms with Crippen molar-refractivity contribution in [2.75, 3.05) is 13.1 Å². The van der Waals surface area contributed by atoms with Crippen molar-refractivity contribution in [3.63, 3.8) is 0 Å². The van der Waals surface area contributed by atoms with E-state index in [0.717, 1.165) is 24.2 Å². The Bertz CT molecular complexity index is 486. The van der Waals surface area contributed by atoms with Crippen LogP contribution in [0.4, 0.5) is 26.3 Å². The lowest BCUT2D eigenvalue weighted by atomic mass is 9.83. The molecule has 1 aliphatic heterocycles. The SMILES string of the molecule is NC1C2CCC(C2)C1C(=O)N1CCC(C(F)(F)F)(C(F)(F)F)C1. The van der Waals surface area contributed by atoms with Crippen molar-refractivity contribution in [2.45, 2.75) is 44.1 Å². The van der Waals surface area contributed by atoms with Crippen LogP contribution in [0.1, 0.15) is 25.7 Å². The number of alkyl halides is 6. The van der Waals surface area contributed by atoms with Crippen molar-refractivity contribution < 1.29 is 31.1 Å². The highest BCUT2D eigenvalue weighted by atomic mass is 19.4. The van der Waals surface area contributed by atoms with Gasteiger partial charge in [0.25, 0.3) is 0 Å². The summed E-state index contributed by atoms with van der Waals surface area (Å²) in [6, 6.07) is -0.451. The topological polar surface area (TPSA) is 46.3 Å².